The number of hydrogen-bond acceptors (Lipinski definition) is 6. The third-order valence-corrected chi connectivity index (χ3v) is 3.34. The van der Waals surface area contributed by atoms with Crippen LogP contribution in [0.4, 0.5) is 11.7 Å². The average Bonchev–Trinajstić information content (AvgIpc) is 2.74. The van der Waals surface area contributed by atoms with Crippen LogP contribution in [-0.4, -0.2) is 29.2 Å². The first kappa shape index (κ1) is 11.9. The lowest BCUT2D eigenvalue weighted by atomic mass is 9.89. The summed E-state index contributed by atoms with van der Waals surface area (Å²) < 4.78 is 10.7. The number of nitro benzene ring substituents is 1. The van der Waals surface area contributed by atoms with Crippen LogP contribution in [0.15, 0.2) is 22.6 Å². The number of hydrogen-bond donors (Lipinski definition) is 1. The molecule has 7 nitrogen and oxygen atoms in total. The molecule has 100 valence electrons. The number of fused-ring (bicyclic) bond motifs is 1. The fourth-order valence-corrected chi connectivity index (χ4v) is 2.14. The molecule has 0 spiro atoms. The monoisotopic (exact) mass is 263 g/mol. The van der Waals surface area contributed by atoms with Crippen LogP contribution >= 0.6 is 0 Å². The van der Waals surface area contributed by atoms with E-state index < -0.39 is 4.92 Å². The van der Waals surface area contributed by atoms with Crippen molar-refractivity contribution >= 4 is 22.8 Å². The van der Waals surface area contributed by atoms with Crippen molar-refractivity contribution in [3.05, 3.63) is 28.3 Å². The number of rotatable bonds is 4. The van der Waals surface area contributed by atoms with E-state index >= 15 is 0 Å². The van der Waals surface area contributed by atoms with Crippen molar-refractivity contribution in [1.29, 1.82) is 0 Å². The van der Waals surface area contributed by atoms with Crippen LogP contribution in [0.25, 0.3) is 11.1 Å². The molecule has 1 saturated carbocycles. The molecule has 3 rings (SSSR count). The molecule has 0 amide bonds. The standard InChI is InChI=1S/C12H13N3O4/c1-18-9-4-7(5-9)13-12-14-10-6-8(15(16)17)2-3-11(10)19-12/h2-3,6-7,9H,4-5H2,1H3,(H,13,14). The molecule has 0 atom stereocenters. The summed E-state index contributed by atoms with van der Waals surface area (Å²) in [6.45, 7) is 0. The second-order valence-corrected chi connectivity index (χ2v) is 4.60. The van der Waals surface area contributed by atoms with Gasteiger partial charge in [-0.05, 0) is 18.9 Å². The van der Waals surface area contributed by atoms with Crippen LogP contribution in [0.1, 0.15) is 12.8 Å². The SMILES string of the molecule is COC1CC(Nc2nc3cc([N+](=O)[O-])ccc3o2)C1. The highest BCUT2D eigenvalue weighted by Crippen LogP contribution is 2.28. The molecule has 0 aliphatic heterocycles. The van der Waals surface area contributed by atoms with Crippen molar-refractivity contribution in [3.63, 3.8) is 0 Å². The summed E-state index contributed by atoms with van der Waals surface area (Å²) in [5.41, 5.74) is 1.03. The molecule has 1 aromatic carbocycles. The number of aromatic nitrogens is 1. The van der Waals surface area contributed by atoms with Crippen LogP contribution < -0.4 is 5.32 Å². The molecule has 0 bridgehead atoms. The van der Waals surface area contributed by atoms with Crippen LogP contribution in [0.3, 0.4) is 0 Å². The maximum atomic E-state index is 10.7. The molecule has 19 heavy (non-hydrogen) atoms. The Hall–Kier alpha value is -2.15. The fourth-order valence-electron chi connectivity index (χ4n) is 2.14. The van der Waals surface area contributed by atoms with E-state index in [1.165, 1.54) is 12.1 Å². The minimum Gasteiger partial charge on any atom is -0.424 e. The zero-order valence-electron chi connectivity index (χ0n) is 10.3. The van der Waals surface area contributed by atoms with Gasteiger partial charge >= 0.3 is 0 Å². The second kappa shape index (κ2) is 4.51. The topological polar surface area (TPSA) is 90.4 Å². The summed E-state index contributed by atoms with van der Waals surface area (Å²) in [5, 5.41) is 13.8. The van der Waals surface area contributed by atoms with E-state index in [0.29, 0.717) is 23.2 Å². The predicted molar refractivity (Wildman–Crippen MR) is 68.1 cm³/mol. The van der Waals surface area contributed by atoms with Gasteiger partial charge in [0.15, 0.2) is 5.58 Å². The molecular formula is C12H13N3O4. The predicted octanol–water partition coefficient (Wildman–Crippen LogP) is 2.33. The lowest BCUT2D eigenvalue weighted by Gasteiger charge is -2.33. The van der Waals surface area contributed by atoms with Crippen LogP contribution in [0.5, 0.6) is 0 Å². The summed E-state index contributed by atoms with van der Waals surface area (Å²) in [6.07, 6.45) is 2.12. The Morgan fingerprint density at radius 3 is 3.00 bits per heavy atom. The van der Waals surface area contributed by atoms with Gasteiger partial charge < -0.3 is 14.5 Å². The van der Waals surface area contributed by atoms with Crippen molar-refractivity contribution < 1.29 is 14.1 Å². The zero-order valence-corrected chi connectivity index (χ0v) is 10.3. The minimum absolute atomic E-state index is 0.00967. The molecule has 1 aliphatic rings. The highest BCUT2D eigenvalue weighted by Gasteiger charge is 2.30. The maximum absolute atomic E-state index is 10.7. The first-order chi connectivity index (χ1) is 9.15. The maximum Gasteiger partial charge on any atom is 0.295 e. The second-order valence-electron chi connectivity index (χ2n) is 4.60. The van der Waals surface area contributed by atoms with Gasteiger partial charge in [0.1, 0.15) is 5.52 Å². The number of oxazole rings is 1. The van der Waals surface area contributed by atoms with Crippen molar-refractivity contribution in [3.8, 4) is 0 Å². The van der Waals surface area contributed by atoms with Crippen LogP contribution in [0, 0.1) is 10.1 Å². The normalized spacial score (nSPS) is 22.2. The summed E-state index contributed by atoms with van der Waals surface area (Å²) >= 11 is 0. The number of nitro groups is 1. The van der Waals surface area contributed by atoms with Gasteiger partial charge in [0.25, 0.3) is 11.7 Å². The van der Waals surface area contributed by atoms with Crippen molar-refractivity contribution in [2.75, 3.05) is 12.4 Å². The molecule has 0 radical (unpaired) electrons. The number of non-ortho nitro benzene ring substituents is 1. The quantitative estimate of drug-likeness (QED) is 0.672. The smallest absolute Gasteiger partial charge is 0.295 e. The number of nitrogens with one attached hydrogen (secondary N) is 1. The average molecular weight is 263 g/mol. The molecule has 1 aromatic heterocycles. The van der Waals surface area contributed by atoms with E-state index in [2.05, 4.69) is 10.3 Å². The highest BCUT2D eigenvalue weighted by molar-refractivity contribution is 5.77. The summed E-state index contributed by atoms with van der Waals surface area (Å²) in [6, 6.07) is 5.05. The highest BCUT2D eigenvalue weighted by atomic mass is 16.6. The Bertz CT molecular complexity index is 618. The van der Waals surface area contributed by atoms with Crippen LogP contribution in [0.2, 0.25) is 0 Å². The van der Waals surface area contributed by atoms with Gasteiger partial charge in [0.05, 0.1) is 11.0 Å². The first-order valence-electron chi connectivity index (χ1n) is 6.00. The van der Waals surface area contributed by atoms with Crippen molar-refractivity contribution in [2.24, 2.45) is 0 Å². The van der Waals surface area contributed by atoms with Gasteiger partial charge in [0, 0.05) is 25.3 Å². The lowest BCUT2D eigenvalue weighted by Crippen LogP contribution is -2.40. The Kier molecular flexibility index (Phi) is 2.83. The Morgan fingerprint density at radius 1 is 1.53 bits per heavy atom. The molecule has 0 saturated heterocycles. The summed E-state index contributed by atoms with van der Waals surface area (Å²) in [5.74, 6) is 0. The molecule has 2 aromatic rings. The number of nitrogens with zero attached hydrogens (tertiary/aromatic N) is 2. The summed E-state index contributed by atoms with van der Waals surface area (Å²) in [7, 11) is 1.69. The van der Waals surface area contributed by atoms with E-state index in [1.807, 2.05) is 0 Å². The molecule has 1 fully saturated rings. The van der Waals surface area contributed by atoms with E-state index in [0.717, 1.165) is 12.8 Å². The van der Waals surface area contributed by atoms with Crippen LogP contribution in [-0.2, 0) is 4.74 Å². The zero-order chi connectivity index (χ0) is 13.4. The van der Waals surface area contributed by atoms with Gasteiger partial charge in [-0.3, -0.25) is 10.1 Å². The lowest BCUT2D eigenvalue weighted by molar-refractivity contribution is -0.384. The molecule has 1 heterocycles. The third kappa shape index (κ3) is 2.24. The van der Waals surface area contributed by atoms with E-state index in [4.69, 9.17) is 9.15 Å². The molecular weight excluding hydrogens is 250 g/mol. The molecule has 1 aliphatic carbocycles. The number of anilines is 1. The van der Waals surface area contributed by atoms with E-state index in [1.54, 1.807) is 13.2 Å². The third-order valence-electron chi connectivity index (χ3n) is 3.34. The number of benzene rings is 1. The molecule has 7 heteroatoms. The fraction of sp³-hybridized carbons (Fsp3) is 0.417. The Balaban J connectivity index is 1.76. The van der Waals surface area contributed by atoms with Gasteiger partial charge in [0.2, 0.25) is 0 Å². The van der Waals surface area contributed by atoms with E-state index in [9.17, 15) is 10.1 Å². The van der Waals surface area contributed by atoms with Gasteiger partial charge in [-0.1, -0.05) is 0 Å². The first-order valence-corrected chi connectivity index (χ1v) is 6.00. The van der Waals surface area contributed by atoms with Crippen molar-refractivity contribution in [2.45, 2.75) is 25.0 Å². The van der Waals surface area contributed by atoms with E-state index in [-0.39, 0.29) is 11.7 Å². The van der Waals surface area contributed by atoms with Gasteiger partial charge in [-0.2, -0.15) is 4.98 Å². The Morgan fingerprint density at radius 2 is 2.32 bits per heavy atom. The number of ether oxygens (including phenoxy) is 1. The largest absolute Gasteiger partial charge is 0.424 e. The van der Waals surface area contributed by atoms with Gasteiger partial charge in [-0.15, -0.1) is 0 Å². The van der Waals surface area contributed by atoms with Gasteiger partial charge in [-0.25, -0.2) is 0 Å². The number of methoxy groups -OCH3 is 1. The summed E-state index contributed by atoms with van der Waals surface area (Å²) in [4.78, 5) is 14.4. The Labute approximate surface area is 108 Å². The minimum atomic E-state index is -0.448. The molecule has 0 unspecified atom stereocenters. The molecule has 1 N–H and O–H groups in total. The van der Waals surface area contributed by atoms with Crippen molar-refractivity contribution in [1.82, 2.24) is 4.98 Å².